The van der Waals surface area contributed by atoms with E-state index in [1.165, 1.54) is 12.1 Å². The number of amides is 1. The third-order valence-electron chi connectivity index (χ3n) is 4.38. The number of hydrogen-bond donors (Lipinski definition) is 2. The lowest BCUT2D eigenvalue weighted by atomic mass is 9.85. The predicted molar refractivity (Wildman–Crippen MR) is 73.8 cm³/mol. The maximum Gasteiger partial charge on any atom is 0.220 e. The smallest absolute Gasteiger partial charge is 0.220 e. The molecule has 2 N–H and O–H groups in total. The average Bonchev–Trinajstić information content (AvgIpc) is 2.46. The van der Waals surface area contributed by atoms with Crippen LogP contribution < -0.4 is 10.2 Å². The second-order valence-corrected chi connectivity index (χ2v) is 5.64. The van der Waals surface area contributed by atoms with Crippen LogP contribution in [0.4, 0.5) is 10.1 Å². The van der Waals surface area contributed by atoms with Gasteiger partial charge in [-0.25, -0.2) is 4.39 Å². The van der Waals surface area contributed by atoms with E-state index in [-0.39, 0.29) is 24.4 Å². The zero-order valence-electron chi connectivity index (χ0n) is 11.3. The largest absolute Gasteiger partial charge is 0.392 e. The lowest BCUT2D eigenvalue weighted by Gasteiger charge is -2.42. The van der Waals surface area contributed by atoms with E-state index in [9.17, 15) is 14.3 Å². The second-order valence-electron chi connectivity index (χ2n) is 5.64. The highest BCUT2D eigenvalue weighted by Gasteiger charge is 2.34. The van der Waals surface area contributed by atoms with E-state index >= 15 is 0 Å². The van der Waals surface area contributed by atoms with Crippen molar-refractivity contribution in [3.8, 4) is 0 Å². The summed E-state index contributed by atoms with van der Waals surface area (Å²) in [6, 6.07) is 4.83. The number of aliphatic hydroxyl groups is 1. The van der Waals surface area contributed by atoms with Gasteiger partial charge in [0.25, 0.3) is 0 Å². The zero-order chi connectivity index (χ0) is 14.1. The van der Waals surface area contributed by atoms with Crippen LogP contribution in [0.3, 0.4) is 0 Å². The molecule has 108 valence electrons. The van der Waals surface area contributed by atoms with Crippen LogP contribution in [-0.4, -0.2) is 30.1 Å². The molecule has 5 heteroatoms. The van der Waals surface area contributed by atoms with Gasteiger partial charge in [-0.15, -0.1) is 0 Å². The molecule has 2 heterocycles. The fourth-order valence-electron chi connectivity index (χ4n) is 3.32. The summed E-state index contributed by atoms with van der Waals surface area (Å²) in [7, 11) is 0. The molecular formula is C15H19FN2O2. The lowest BCUT2D eigenvalue weighted by molar-refractivity contribution is -0.124. The molecule has 0 aliphatic carbocycles. The number of piperidine rings is 2. The quantitative estimate of drug-likeness (QED) is 0.860. The van der Waals surface area contributed by atoms with Crippen molar-refractivity contribution < 1.29 is 14.3 Å². The maximum atomic E-state index is 13.2. The second kappa shape index (κ2) is 5.40. The predicted octanol–water partition coefficient (Wildman–Crippen LogP) is 1.42. The number of benzene rings is 1. The van der Waals surface area contributed by atoms with Crippen LogP contribution in [0.5, 0.6) is 0 Å². The molecule has 2 unspecified atom stereocenters. The fraction of sp³-hybridized carbons (Fsp3) is 0.533. The Balaban J connectivity index is 1.78. The molecule has 20 heavy (non-hydrogen) atoms. The third-order valence-corrected chi connectivity index (χ3v) is 4.38. The highest BCUT2D eigenvalue weighted by atomic mass is 19.1. The van der Waals surface area contributed by atoms with Crippen LogP contribution in [0.25, 0.3) is 0 Å². The Morgan fingerprint density at radius 3 is 3.05 bits per heavy atom. The SMILES string of the molecule is O=C1CCC2CN(c3ccc(F)cc3CO)CCC2N1. The minimum absolute atomic E-state index is 0.150. The topological polar surface area (TPSA) is 52.6 Å². The van der Waals surface area contributed by atoms with Crippen LogP contribution in [0, 0.1) is 11.7 Å². The van der Waals surface area contributed by atoms with Crippen LogP contribution in [-0.2, 0) is 11.4 Å². The lowest BCUT2D eigenvalue weighted by Crippen LogP contribution is -2.54. The molecule has 3 rings (SSSR count). The maximum absolute atomic E-state index is 13.2. The first-order chi connectivity index (χ1) is 9.67. The number of carbonyl (C=O) groups excluding carboxylic acids is 1. The summed E-state index contributed by atoms with van der Waals surface area (Å²) in [6.07, 6.45) is 2.40. The molecule has 2 atom stereocenters. The van der Waals surface area contributed by atoms with Crippen LogP contribution >= 0.6 is 0 Å². The van der Waals surface area contributed by atoms with E-state index in [0.29, 0.717) is 17.9 Å². The number of nitrogens with one attached hydrogen (secondary N) is 1. The number of rotatable bonds is 2. The number of carbonyl (C=O) groups is 1. The normalized spacial score (nSPS) is 26.1. The van der Waals surface area contributed by atoms with Gasteiger partial charge in [0.15, 0.2) is 0 Å². The number of halogens is 1. The van der Waals surface area contributed by atoms with Gasteiger partial charge < -0.3 is 15.3 Å². The number of aliphatic hydroxyl groups excluding tert-OH is 1. The molecule has 2 aliphatic heterocycles. The Bertz CT molecular complexity index is 521. The Morgan fingerprint density at radius 2 is 2.25 bits per heavy atom. The number of hydrogen-bond acceptors (Lipinski definition) is 3. The van der Waals surface area contributed by atoms with Crippen molar-refractivity contribution in [2.24, 2.45) is 5.92 Å². The van der Waals surface area contributed by atoms with E-state index in [4.69, 9.17) is 0 Å². The first-order valence-corrected chi connectivity index (χ1v) is 7.11. The highest BCUT2D eigenvalue weighted by Crippen LogP contribution is 2.30. The monoisotopic (exact) mass is 278 g/mol. The van der Waals surface area contributed by atoms with Gasteiger partial charge in [-0.2, -0.15) is 0 Å². The van der Waals surface area contributed by atoms with Crippen molar-refractivity contribution in [1.82, 2.24) is 5.32 Å². The first kappa shape index (κ1) is 13.4. The van der Waals surface area contributed by atoms with Crippen LogP contribution in [0.15, 0.2) is 18.2 Å². The van der Waals surface area contributed by atoms with Crippen molar-refractivity contribution in [3.05, 3.63) is 29.6 Å². The van der Waals surface area contributed by atoms with E-state index < -0.39 is 0 Å². The molecule has 0 saturated carbocycles. The number of nitrogens with zero attached hydrogens (tertiary/aromatic N) is 1. The summed E-state index contributed by atoms with van der Waals surface area (Å²) < 4.78 is 13.2. The molecule has 4 nitrogen and oxygen atoms in total. The highest BCUT2D eigenvalue weighted by molar-refractivity contribution is 5.77. The van der Waals surface area contributed by atoms with Crippen molar-refractivity contribution in [3.63, 3.8) is 0 Å². The Kier molecular flexibility index (Phi) is 3.61. The molecule has 1 aromatic carbocycles. The van der Waals surface area contributed by atoms with Crippen LogP contribution in [0.1, 0.15) is 24.8 Å². The Morgan fingerprint density at radius 1 is 1.40 bits per heavy atom. The molecule has 0 bridgehead atoms. The zero-order valence-corrected chi connectivity index (χ0v) is 11.3. The van der Waals surface area contributed by atoms with Gasteiger partial charge in [0.05, 0.1) is 6.61 Å². The van der Waals surface area contributed by atoms with E-state index in [1.54, 1.807) is 6.07 Å². The van der Waals surface area contributed by atoms with Gasteiger partial charge >= 0.3 is 0 Å². The minimum Gasteiger partial charge on any atom is -0.392 e. The molecule has 1 aromatic rings. The number of anilines is 1. The van der Waals surface area contributed by atoms with E-state index in [1.807, 2.05) is 0 Å². The van der Waals surface area contributed by atoms with Gasteiger partial charge in [-0.05, 0) is 37.0 Å². The van der Waals surface area contributed by atoms with Crippen molar-refractivity contribution in [2.75, 3.05) is 18.0 Å². The molecule has 1 amide bonds. The average molecular weight is 278 g/mol. The van der Waals surface area contributed by atoms with Crippen LogP contribution in [0.2, 0.25) is 0 Å². The van der Waals surface area contributed by atoms with E-state index in [2.05, 4.69) is 10.2 Å². The Labute approximate surface area is 117 Å². The Hall–Kier alpha value is -1.62. The van der Waals surface area contributed by atoms with Crippen molar-refractivity contribution in [1.29, 1.82) is 0 Å². The molecule has 2 saturated heterocycles. The molecular weight excluding hydrogens is 259 g/mol. The molecule has 0 aromatic heterocycles. The van der Waals surface area contributed by atoms with Gasteiger partial charge in [0.1, 0.15) is 5.82 Å². The van der Waals surface area contributed by atoms with Gasteiger partial charge in [-0.3, -0.25) is 4.79 Å². The minimum atomic E-state index is -0.322. The molecule has 2 fully saturated rings. The first-order valence-electron chi connectivity index (χ1n) is 7.11. The van der Waals surface area contributed by atoms with Gasteiger partial charge in [0.2, 0.25) is 5.91 Å². The summed E-state index contributed by atoms with van der Waals surface area (Å²) >= 11 is 0. The third kappa shape index (κ3) is 2.50. The van der Waals surface area contributed by atoms with Crippen molar-refractivity contribution >= 4 is 11.6 Å². The van der Waals surface area contributed by atoms with Crippen molar-refractivity contribution in [2.45, 2.75) is 31.9 Å². The molecule has 0 radical (unpaired) electrons. The standard InChI is InChI=1S/C15H19FN2O2/c16-12-2-3-14(11(7-12)9-19)18-6-5-13-10(8-18)1-4-15(20)17-13/h2-3,7,10,13,19H,1,4-6,8-9H2,(H,17,20). The summed E-state index contributed by atoms with van der Waals surface area (Å²) in [5.74, 6) is 0.271. The van der Waals surface area contributed by atoms with Gasteiger partial charge in [0, 0.05) is 36.8 Å². The molecule has 2 aliphatic rings. The molecule has 0 spiro atoms. The summed E-state index contributed by atoms with van der Waals surface area (Å²) in [4.78, 5) is 13.6. The summed E-state index contributed by atoms with van der Waals surface area (Å²) in [5.41, 5.74) is 1.53. The summed E-state index contributed by atoms with van der Waals surface area (Å²) in [6.45, 7) is 1.51. The van der Waals surface area contributed by atoms with E-state index in [0.717, 1.165) is 31.6 Å². The summed E-state index contributed by atoms with van der Waals surface area (Å²) in [5, 5.41) is 12.4. The fourth-order valence-corrected chi connectivity index (χ4v) is 3.32. The number of fused-ring (bicyclic) bond motifs is 1. The van der Waals surface area contributed by atoms with Gasteiger partial charge in [-0.1, -0.05) is 0 Å².